The maximum Gasteiger partial charge on any atom is 0.485 e. The molecule has 89 heavy (non-hydrogen) atoms. The molecule has 0 aliphatic carbocycles. The summed E-state index contributed by atoms with van der Waals surface area (Å²) >= 11 is 0. The zero-order valence-corrected chi connectivity index (χ0v) is 55.2. The molecular formula is C62H80F6Fe2N6O11S2-2. The summed E-state index contributed by atoms with van der Waals surface area (Å²) in [5, 5.41) is 19.6. The predicted octanol–water partition coefficient (Wildman–Crippen LogP) is 9.54. The topological polar surface area (TPSA) is 240 Å². The van der Waals surface area contributed by atoms with Gasteiger partial charge in [0.25, 0.3) is 0 Å². The number of halogens is 6. The van der Waals surface area contributed by atoms with Crippen LogP contribution >= 0.6 is 0 Å². The Morgan fingerprint density at radius 1 is 0.360 bits per heavy atom. The second-order valence-corrected chi connectivity index (χ2v) is 23.9. The number of carboxylic acids is 2. The largest absolute Gasteiger partial charge is 0.741 e. The molecule has 0 aromatic heterocycles. The summed E-state index contributed by atoms with van der Waals surface area (Å²) in [5.74, 6) is -1.81. The quantitative estimate of drug-likeness (QED) is 0.0683. The average Bonchev–Trinajstić information content (AvgIpc) is 1.43. The first-order valence-electron chi connectivity index (χ1n) is 27.1. The molecule has 0 amide bonds. The van der Waals surface area contributed by atoms with Crippen LogP contribution in [0.2, 0.25) is 0 Å². The van der Waals surface area contributed by atoms with Crippen molar-refractivity contribution in [3.63, 3.8) is 0 Å². The van der Waals surface area contributed by atoms with Gasteiger partial charge in [0.2, 0.25) is 0 Å². The normalized spacial score (nSPS) is 15.0. The van der Waals surface area contributed by atoms with Gasteiger partial charge < -0.3 is 54.2 Å². The number of carbonyl (C=O) groups is 2. The molecular weight excluding hydrogens is 1290 g/mol. The van der Waals surface area contributed by atoms with Gasteiger partial charge in [0.05, 0.1) is 11.1 Å². The van der Waals surface area contributed by atoms with E-state index >= 15 is 0 Å². The summed E-state index contributed by atoms with van der Waals surface area (Å²) in [6, 6.07) is 43.0. The molecule has 2 aliphatic rings. The molecule has 2 aliphatic heterocycles. The van der Waals surface area contributed by atoms with Crippen molar-refractivity contribution in [2.75, 3.05) is 121 Å². The molecule has 0 saturated carbocycles. The molecule has 2 heterocycles. The number of aromatic carboxylic acids is 2. The standard InChI is InChI=1S/2C21H18O2.2C9H21N3.2CHF3O3S.2Fe.H2O/c2*1-14-6-10-16(11-7-14)18-4-3-5-19(20(18)21(22)23)17-12-8-15(2)9-13-17;2*1-10-4-6-11(2)8-9-12(3)7-5-10;2*2-1(3,4)8(5,6)7;;;/h2*3-13H,1-2H3,(H,22,23);2*4-9H2,1-3H3;2*(H,5,6,7);;;1H2/p-2. The summed E-state index contributed by atoms with van der Waals surface area (Å²) in [4.78, 5) is 38.3. The number of rotatable bonds is 6. The number of alkyl halides is 6. The van der Waals surface area contributed by atoms with Crippen LogP contribution in [0, 0.1) is 27.7 Å². The molecule has 8 rings (SSSR count). The van der Waals surface area contributed by atoms with Gasteiger partial charge in [0.15, 0.2) is 20.2 Å². The van der Waals surface area contributed by atoms with Crippen LogP contribution in [-0.2, 0) is 54.4 Å². The molecule has 496 valence electrons. The third-order valence-electron chi connectivity index (χ3n) is 13.8. The van der Waals surface area contributed by atoms with Gasteiger partial charge in [-0.15, -0.1) is 0 Å². The van der Waals surface area contributed by atoms with Crippen LogP contribution in [-0.4, -0.2) is 215 Å². The first-order chi connectivity index (χ1) is 40.0. The monoisotopic (exact) mass is 1370 g/mol. The van der Waals surface area contributed by atoms with Gasteiger partial charge in [-0.25, -0.2) is 26.4 Å². The summed E-state index contributed by atoms with van der Waals surface area (Å²) < 4.78 is 118. The number of likely N-dealkylation sites (N-methyl/N-ethyl adjacent to an activating group) is 6. The minimum absolute atomic E-state index is 0. The Morgan fingerprint density at radius 2 is 0.494 bits per heavy atom. The van der Waals surface area contributed by atoms with Crippen LogP contribution in [0.25, 0.3) is 44.5 Å². The molecule has 2 saturated heterocycles. The van der Waals surface area contributed by atoms with E-state index in [0.717, 1.165) is 66.8 Å². The summed E-state index contributed by atoms with van der Waals surface area (Å²) in [6.07, 6.45) is 0. The Morgan fingerprint density at radius 3 is 0.607 bits per heavy atom. The van der Waals surface area contributed by atoms with Crippen molar-refractivity contribution in [1.82, 2.24) is 29.4 Å². The number of hydrogen-bond donors (Lipinski definition) is 2. The number of hydrogen-bond acceptors (Lipinski definition) is 14. The first-order valence-corrected chi connectivity index (χ1v) is 30.0. The van der Waals surface area contributed by atoms with Crippen molar-refractivity contribution >= 4 is 32.2 Å². The Kier molecular flexibility index (Phi) is 36.5. The second-order valence-electron chi connectivity index (χ2n) is 21.2. The second kappa shape index (κ2) is 39.0. The van der Waals surface area contributed by atoms with E-state index in [2.05, 4.69) is 71.7 Å². The van der Waals surface area contributed by atoms with Crippen molar-refractivity contribution in [3.05, 3.63) is 167 Å². The van der Waals surface area contributed by atoms with Gasteiger partial charge in [-0.3, -0.25) is 0 Å². The molecule has 4 N–H and O–H groups in total. The van der Waals surface area contributed by atoms with Gasteiger partial charge in [0.1, 0.15) is 0 Å². The minimum Gasteiger partial charge on any atom is -0.741 e. The molecule has 2 fully saturated rings. The number of nitrogens with zero attached hydrogens (tertiary/aromatic N) is 6. The van der Waals surface area contributed by atoms with Gasteiger partial charge in [0, 0.05) is 113 Å². The van der Waals surface area contributed by atoms with E-state index in [4.69, 9.17) is 25.9 Å². The Hall–Kier alpha value is -5.58. The van der Waals surface area contributed by atoms with Gasteiger partial charge in [-0.1, -0.05) is 156 Å². The molecule has 0 bridgehead atoms. The van der Waals surface area contributed by atoms with E-state index in [-0.39, 0.29) is 39.6 Å². The molecule has 6 aromatic carbocycles. The third-order valence-corrected chi connectivity index (χ3v) is 14.9. The molecule has 0 radical (unpaired) electrons. The van der Waals surface area contributed by atoms with Crippen LogP contribution in [0.3, 0.4) is 0 Å². The molecule has 27 heteroatoms. The van der Waals surface area contributed by atoms with E-state index in [1.165, 1.54) is 78.5 Å². The number of carboxylic acid groups (broad SMARTS) is 2. The van der Waals surface area contributed by atoms with E-state index in [1.54, 1.807) is 0 Å². The fourth-order valence-electron chi connectivity index (χ4n) is 8.18. The van der Waals surface area contributed by atoms with E-state index in [0.29, 0.717) is 11.1 Å². The number of benzene rings is 6. The average molecular weight is 1380 g/mol. The van der Waals surface area contributed by atoms with E-state index in [9.17, 15) is 46.1 Å². The molecule has 0 unspecified atom stereocenters. The van der Waals surface area contributed by atoms with Crippen molar-refractivity contribution in [2.24, 2.45) is 0 Å². The Labute approximate surface area is 541 Å². The number of aryl methyl sites for hydroxylation is 4. The van der Waals surface area contributed by atoms with Crippen molar-refractivity contribution in [1.29, 1.82) is 0 Å². The van der Waals surface area contributed by atoms with Crippen molar-refractivity contribution < 1.29 is 112 Å². The predicted molar refractivity (Wildman–Crippen MR) is 328 cm³/mol. The molecule has 0 atom stereocenters. The van der Waals surface area contributed by atoms with Crippen LogP contribution in [0.1, 0.15) is 43.0 Å². The fraction of sp³-hybridized carbons (Fsp3) is 0.387. The van der Waals surface area contributed by atoms with E-state index < -0.39 is 43.2 Å². The molecule has 0 spiro atoms. The van der Waals surface area contributed by atoms with Crippen LogP contribution in [0.15, 0.2) is 133 Å². The van der Waals surface area contributed by atoms with E-state index in [1.807, 2.05) is 161 Å². The Bertz CT molecular complexity index is 2900. The SMILES string of the molecule is CN1CCN(C)CCN(C)CC1.CN1CCN(C)CCN(C)CC1.Cc1ccc(-c2cccc(-c3ccc(C)cc3)c2C(=O)O)cc1.Cc1ccc(-c2cccc(-c3ccc(C)cc3)c2C(=O)O)cc1.O.O=S(=O)([O-])C(F)(F)F.O=S(=O)([O-])C(F)(F)F.[Fe].[Fe]. The fourth-order valence-corrected chi connectivity index (χ4v) is 8.18. The molecule has 6 aromatic rings. The van der Waals surface area contributed by atoms with Crippen LogP contribution in [0.4, 0.5) is 26.3 Å². The maximum absolute atomic E-state index is 11.9. The summed E-state index contributed by atoms with van der Waals surface area (Å²) in [6.45, 7) is 22.5. The maximum atomic E-state index is 11.9. The van der Waals surface area contributed by atoms with Crippen molar-refractivity contribution in [3.8, 4) is 44.5 Å². The molecule has 17 nitrogen and oxygen atoms in total. The summed E-state index contributed by atoms with van der Waals surface area (Å²) in [5.41, 5.74) is 0.673. The minimum atomic E-state index is -6.09. The zero-order valence-electron chi connectivity index (χ0n) is 51.3. The first kappa shape index (κ1) is 83.4. The van der Waals surface area contributed by atoms with Gasteiger partial charge in [-0.2, -0.15) is 26.3 Å². The van der Waals surface area contributed by atoms with Crippen molar-refractivity contribution in [2.45, 2.75) is 38.7 Å². The van der Waals surface area contributed by atoms with Crippen LogP contribution in [0.5, 0.6) is 0 Å². The summed E-state index contributed by atoms with van der Waals surface area (Å²) in [7, 11) is 1.03. The Balaban J connectivity index is 0.00000109. The van der Waals surface area contributed by atoms with Crippen LogP contribution < -0.4 is 0 Å². The smallest absolute Gasteiger partial charge is 0.485 e. The zero-order chi connectivity index (χ0) is 64.7. The third kappa shape index (κ3) is 29.5. The van der Waals surface area contributed by atoms with Gasteiger partial charge >= 0.3 is 23.0 Å². The van der Waals surface area contributed by atoms with Gasteiger partial charge in [-0.05, 0) is 114 Å².